The molecule has 21 heavy (non-hydrogen) atoms. The molecule has 1 aromatic rings. The molecule has 0 aromatic heterocycles. The van der Waals surface area contributed by atoms with Gasteiger partial charge in [0, 0.05) is 22.8 Å². The molecular formula is C16H21NO3S. The standard InChI is InChI=1S/C16H21NO3S/c1-21(19)10-14(11-5-3-2-4-6-11)17-16(18)13-9-12-7-8-15(13)20-12/h2-6,12-15H,7-10H2,1H3,(H,17,18)/t12-,13-,14+,15-,21+/m1/s1. The van der Waals surface area contributed by atoms with Gasteiger partial charge in [0.15, 0.2) is 0 Å². The smallest absolute Gasteiger partial charge is 0.226 e. The molecule has 0 spiro atoms. The van der Waals surface area contributed by atoms with Crippen molar-refractivity contribution in [3.63, 3.8) is 0 Å². The second kappa shape index (κ2) is 6.28. The lowest BCUT2D eigenvalue weighted by Crippen LogP contribution is -2.39. The Morgan fingerprint density at radius 1 is 1.38 bits per heavy atom. The van der Waals surface area contributed by atoms with Gasteiger partial charge in [-0.15, -0.1) is 0 Å². The lowest BCUT2D eigenvalue weighted by atomic mass is 9.88. The summed E-state index contributed by atoms with van der Waals surface area (Å²) in [5, 5.41) is 3.08. The number of hydrogen-bond donors (Lipinski definition) is 1. The highest BCUT2D eigenvalue weighted by Crippen LogP contribution is 2.39. The van der Waals surface area contributed by atoms with Crippen LogP contribution in [-0.4, -0.2) is 34.3 Å². The van der Waals surface area contributed by atoms with Crippen molar-refractivity contribution in [3.8, 4) is 0 Å². The molecule has 0 unspecified atom stereocenters. The molecular weight excluding hydrogens is 286 g/mol. The molecule has 2 saturated heterocycles. The summed E-state index contributed by atoms with van der Waals surface area (Å²) in [6.07, 6.45) is 4.91. The Kier molecular flexibility index (Phi) is 4.40. The van der Waals surface area contributed by atoms with E-state index in [0.29, 0.717) is 5.75 Å². The SMILES string of the molecule is C[S@](=O)C[C@H](NC(=O)[C@@H]1C[C@H]2CC[C@H]1O2)c1ccccc1. The molecule has 0 saturated carbocycles. The molecule has 2 fully saturated rings. The van der Waals surface area contributed by atoms with Crippen LogP contribution in [-0.2, 0) is 20.3 Å². The van der Waals surface area contributed by atoms with Crippen LogP contribution in [0.25, 0.3) is 0 Å². The minimum absolute atomic E-state index is 0.0414. The number of rotatable bonds is 5. The van der Waals surface area contributed by atoms with E-state index < -0.39 is 10.8 Å². The van der Waals surface area contributed by atoms with Gasteiger partial charge in [-0.3, -0.25) is 9.00 Å². The Morgan fingerprint density at radius 3 is 2.71 bits per heavy atom. The van der Waals surface area contributed by atoms with E-state index in [1.165, 1.54) is 0 Å². The first-order valence-electron chi connectivity index (χ1n) is 7.44. The van der Waals surface area contributed by atoms with E-state index in [9.17, 15) is 9.00 Å². The summed E-state index contributed by atoms with van der Waals surface area (Å²) >= 11 is 0. The van der Waals surface area contributed by atoms with Crippen LogP contribution >= 0.6 is 0 Å². The fraction of sp³-hybridized carbons (Fsp3) is 0.562. The summed E-state index contributed by atoms with van der Waals surface area (Å²) in [7, 11) is -0.962. The first kappa shape index (κ1) is 14.7. The van der Waals surface area contributed by atoms with E-state index >= 15 is 0 Å². The molecule has 3 rings (SSSR count). The molecule has 1 amide bonds. The lowest BCUT2D eigenvalue weighted by molar-refractivity contribution is -0.127. The first-order chi connectivity index (χ1) is 10.1. The maximum atomic E-state index is 12.5. The van der Waals surface area contributed by atoms with Crippen molar-refractivity contribution in [3.05, 3.63) is 35.9 Å². The van der Waals surface area contributed by atoms with Crippen LogP contribution in [0, 0.1) is 5.92 Å². The quantitative estimate of drug-likeness (QED) is 0.902. The van der Waals surface area contributed by atoms with Crippen molar-refractivity contribution < 1.29 is 13.7 Å². The monoisotopic (exact) mass is 307 g/mol. The van der Waals surface area contributed by atoms with Crippen molar-refractivity contribution in [2.45, 2.75) is 37.5 Å². The highest BCUT2D eigenvalue weighted by molar-refractivity contribution is 7.84. The van der Waals surface area contributed by atoms with Gasteiger partial charge in [0.1, 0.15) is 0 Å². The molecule has 2 aliphatic heterocycles. The van der Waals surface area contributed by atoms with Crippen molar-refractivity contribution in [1.82, 2.24) is 5.32 Å². The zero-order valence-corrected chi connectivity index (χ0v) is 13.0. The average molecular weight is 307 g/mol. The second-order valence-corrected chi connectivity index (χ2v) is 7.41. The number of carbonyl (C=O) groups is 1. The fourth-order valence-corrected chi connectivity index (χ4v) is 4.08. The largest absolute Gasteiger partial charge is 0.374 e. The van der Waals surface area contributed by atoms with Gasteiger partial charge in [-0.1, -0.05) is 30.3 Å². The topological polar surface area (TPSA) is 55.4 Å². The Hall–Kier alpha value is -1.20. The maximum absolute atomic E-state index is 12.5. The normalized spacial score (nSPS) is 30.0. The Morgan fingerprint density at radius 2 is 2.14 bits per heavy atom. The minimum atomic E-state index is -0.962. The third-order valence-electron chi connectivity index (χ3n) is 4.36. The third-order valence-corrected chi connectivity index (χ3v) is 5.17. The first-order valence-corrected chi connectivity index (χ1v) is 9.17. The van der Waals surface area contributed by atoms with Crippen molar-refractivity contribution in [2.24, 2.45) is 5.92 Å². The molecule has 1 N–H and O–H groups in total. The zero-order chi connectivity index (χ0) is 14.8. The molecule has 2 aliphatic rings. The zero-order valence-electron chi connectivity index (χ0n) is 12.2. The van der Waals surface area contributed by atoms with Gasteiger partial charge < -0.3 is 10.1 Å². The number of amides is 1. The van der Waals surface area contributed by atoms with E-state index in [2.05, 4.69) is 5.32 Å². The number of carbonyl (C=O) groups excluding carboxylic acids is 1. The summed E-state index contributed by atoms with van der Waals surface area (Å²) in [5.41, 5.74) is 1.00. The van der Waals surface area contributed by atoms with Crippen molar-refractivity contribution in [1.29, 1.82) is 0 Å². The molecule has 114 valence electrons. The van der Waals surface area contributed by atoms with Gasteiger partial charge in [0.05, 0.1) is 24.2 Å². The number of ether oxygens (including phenoxy) is 1. The summed E-state index contributed by atoms with van der Waals surface area (Å²) in [5.74, 6) is 0.444. The van der Waals surface area contributed by atoms with Gasteiger partial charge in [-0.2, -0.15) is 0 Å². The predicted octanol–water partition coefficient (Wildman–Crippen LogP) is 1.79. The molecule has 5 heteroatoms. The van der Waals surface area contributed by atoms with Crippen LogP contribution in [0.1, 0.15) is 30.9 Å². The molecule has 4 nitrogen and oxygen atoms in total. The van der Waals surface area contributed by atoms with Crippen LogP contribution in [0.3, 0.4) is 0 Å². The van der Waals surface area contributed by atoms with Gasteiger partial charge in [-0.25, -0.2) is 0 Å². The van der Waals surface area contributed by atoms with Gasteiger partial charge in [0.2, 0.25) is 5.91 Å². The van der Waals surface area contributed by atoms with Crippen LogP contribution in [0.4, 0.5) is 0 Å². The van der Waals surface area contributed by atoms with Crippen molar-refractivity contribution >= 4 is 16.7 Å². The molecule has 2 heterocycles. The van der Waals surface area contributed by atoms with Crippen molar-refractivity contribution in [2.75, 3.05) is 12.0 Å². The highest BCUT2D eigenvalue weighted by Gasteiger charge is 2.44. The number of benzene rings is 1. The molecule has 0 aliphatic carbocycles. The fourth-order valence-electron chi connectivity index (χ4n) is 3.33. The molecule has 0 radical (unpaired) electrons. The van der Waals surface area contributed by atoms with E-state index in [1.54, 1.807) is 6.26 Å². The average Bonchev–Trinajstić information content (AvgIpc) is 3.09. The second-order valence-electron chi connectivity index (χ2n) is 5.93. The number of fused-ring (bicyclic) bond motifs is 2. The van der Waals surface area contributed by atoms with Crippen LogP contribution in [0.15, 0.2) is 30.3 Å². The highest BCUT2D eigenvalue weighted by atomic mass is 32.2. The lowest BCUT2D eigenvalue weighted by Gasteiger charge is -2.23. The van der Waals surface area contributed by atoms with E-state index in [1.807, 2.05) is 30.3 Å². The summed E-state index contributed by atoms with van der Waals surface area (Å²) in [6.45, 7) is 0. The van der Waals surface area contributed by atoms with E-state index in [0.717, 1.165) is 24.8 Å². The molecule has 2 bridgehead atoms. The number of hydrogen-bond acceptors (Lipinski definition) is 3. The Bertz CT molecular complexity index is 534. The van der Waals surface area contributed by atoms with Gasteiger partial charge in [-0.05, 0) is 24.8 Å². The number of nitrogens with one attached hydrogen (secondary N) is 1. The third kappa shape index (κ3) is 3.35. The van der Waals surface area contributed by atoms with Crippen LogP contribution in [0.2, 0.25) is 0 Å². The molecule has 5 atom stereocenters. The van der Waals surface area contributed by atoms with E-state index in [4.69, 9.17) is 4.74 Å². The summed E-state index contributed by atoms with van der Waals surface area (Å²) in [4.78, 5) is 12.5. The summed E-state index contributed by atoms with van der Waals surface area (Å²) < 4.78 is 17.3. The Balaban J connectivity index is 1.69. The minimum Gasteiger partial charge on any atom is -0.374 e. The molecule has 1 aromatic carbocycles. The maximum Gasteiger partial charge on any atom is 0.226 e. The van der Waals surface area contributed by atoms with Gasteiger partial charge >= 0.3 is 0 Å². The summed E-state index contributed by atoms with van der Waals surface area (Å²) in [6, 6.07) is 9.56. The Labute approximate surface area is 127 Å². The van der Waals surface area contributed by atoms with Gasteiger partial charge in [0.25, 0.3) is 0 Å². The van der Waals surface area contributed by atoms with Crippen LogP contribution < -0.4 is 5.32 Å². The van der Waals surface area contributed by atoms with Crippen LogP contribution in [0.5, 0.6) is 0 Å². The van der Waals surface area contributed by atoms with E-state index in [-0.39, 0.29) is 30.1 Å². The predicted molar refractivity (Wildman–Crippen MR) is 82.3 cm³/mol.